The summed E-state index contributed by atoms with van der Waals surface area (Å²) in [4.78, 5) is 5.15. The molecule has 1 heterocycles. The van der Waals surface area contributed by atoms with Crippen LogP contribution in [0, 0.1) is 5.41 Å². The number of nitrogens with one attached hydrogen (secondary N) is 1. The smallest absolute Gasteiger partial charge is 0.0277 e. The maximum Gasteiger partial charge on any atom is 0.0277 e. The van der Waals surface area contributed by atoms with Gasteiger partial charge in [-0.05, 0) is 53.5 Å². The van der Waals surface area contributed by atoms with Crippen molar-refractivity contribution in [1.82, 2.24) is 15.1 Å². The third-order valence-electron chi connectivity index (χ3n) is 4.90. The topological polar surface area (TPSA) is 18.5 Å². The summed E-state index contributed by atoms with van der Waals surface area (Å²) in [6, 6.07) is 0. The van der Waals surface area contributed by atoms with E-state index in [2.05, 4.69) is 70.6 Å². The molecule has 1 atom stereocenters. The van der Waals surface area contributed by atoms with Crippen LogP contribution in [0.15, 0.2) is 0 Å². The van der Waals surface area contributed by atoms with Gasteiger partial charge in [0.25, 0.3) is 0 Å². The normalized spacial score (nSPS) is 24.6. The van der Waals surface area contributed by atoms with Gasteiger partial charge in [0.05, 0.1) is 0 Å². The standard InChI is InChI=1S/C17H37N3/c1-9-17(7,12-18-15(2,3)4)14-20-11-10-19(8)16(5,6)13-20/h18H,9-14H2,1-8H3. The SMILES string of the molecule is CCC(C)(CNC(C)(C)C)CN1CCN(C)C(C)(C)C1. The predicted octanol–water partition coefficient (Wildman–Crippen LogP) is 2.82. The van der Waals surface area contributed by atoms with Crippen LogP contribution >= 0.6 is 0 Å². The van der Waals surface area contributed by atoms with E-state index in [0.717, 1.165) is 6.54 Å². The van der Waals surface area contributed by atoms with Crippen molar-refractivity contribution in [2.24, 2.45) is 5.41 Å². The first-order valence-corrected chi connectivity index (χ1v) is 8.16. The Morgan fingerprint density at radius 2 is 1.70 bits per heavy atom. The molecule has 0 bridgehead atoms. The molecule has 1 rings (SSSR count). The van der Waals surface area contributed by atoms with Gasteiger partial charge in [0.15, 0.2) is 0 Å². The zero-order valence-corrected chi connectivity index (χ0v) is 15.1. The first-order chi connectivity index (χ1) is 8.97. The minimum atomic E-state index is 0.206. The van der Waals surface area contributed by atoms with E-state index in [1.165, 1.54) is 32.6 Å². The summed E-state index contributed by atoms with van der Waals surface area (Å²) in [7, 11) is 2.25. The van der Waals surface area contributed by atoms with Gasteiger partial charge in [-0.1, -0.05) is 13.8 Å². The average Bonchev–Trinajstić information content (AvgIpc) is 2.30. The molecule has 0 amide bonds. The summed E-state index contributed by atoms with van der Waals surface area (Å²) < 4.78 is 0. The van der Waals surface area contributed by atoms with Crippen molar-refractivity contribution in [1.29, 1.82) is 0 Å². The summed E-state index contributed by atoms with van der Waals surface area (Å²) in [6.07, 6.45) is 1.23. The fourth-order valence-corrected chi connectivity index (χ4v) is 2.79. The molecular formula is C17H37N3. The molecule has 1 N–H and O–H groups in total. The molecule has 1 unspecified atom stereocenters. The number of rotatable bonds is 5. The molecule has 20 heavy (non-hydrogen) atoms. The fourth-order valence-electron chi connectivity index (χ4n) is 2.79. The average molecular weight is 284 g/mol. The molecule has 0 aliphatic carbocycles. The molecule has 1 fully saturated rings. The number of likely N-dealkylation sites (N-methyl/N-ethyl adjacent to an activating group) is 1. The van der Waals surface area contributed by atoms with E-state index in [0.29, 0.717) is 11.0 Å². The van der Waals surface area contributed by atoms with Crippen LogP contribution in [0.4, 0.5) is 0 Å². The van der Waals surface area contributed by atoms with E-state index in [9.17, 15) is 0 Å². The second kappa shape index (κ2) is 6.33. The third-order valence-corrected chi connectivity index (χ3v) is 4.90. The highest BCUT2D eigenvalue weighted by Crippen LogP contribution is 2.26. The van der Waals surface area contributed by atoms with Crippen LogP contribution in [0.2, 0.25) is 0 Å². The highest BCUT2D eigenvalue weighted by atomic mass is 15.3. The molecule has 1 aliphatic heterocycles. The Labute approximate surface area is 127 Å². The summed E-state index contributed by atoms with van der Waals surface area (Å²) in [5.41, 5.74) is 0.863. The van der Waals surface area contributed by atoms with Crippen molar-refractivity contribution in [2.75, 3.05) is 39.8 Å². The lowest BCUT2D eigenvalue weighted by atomic mass is 9.85. The fraction of sp³-hybridized carbons (Fsp3) is 1.00. The van der Waals surface area contributed by atoms with Crippen LogP contribution in [0.25, 0.3) is 0 Å². The molecule has 1 saturated heterocycles. The van der Waals surface area contributed by atoms with E-state index in [4.69, 9.17) is 0 Å². The van der Waals surface area contributed by atoms with Crippen LogP contribution < -0.4 is 5.32 Å². The van der Waals surface area contributed by atoms with Gasteiger partial charge in [-0.3, -0.25) is 9.80 Å². The largest absolute Gasteiger partial charge is 0.311 e. The molecule has 0 aromatic heterocycles. The lowest BCUT2D eigenvalue weighted by Gasteiger charge is -2.48. The van der Waals surface area contributed by atoms with Crippen LogP contribution in [0.3, 0.4) is 0 Å². The van der Waals surface area contributed by atoms with Crippen LogP contribution in [0.1, 0.15) is 54.9 Å². The minimum Gasteiger partial charge on any atom is -0.311 e. The van der Waals surface area contributed by atoms with Crippen LogP contribution in [-0.4, -0.2) is 60.6 Å². The molecule has 1 aliphatic rings. The molecule has 0 radical (unpaired) electrons. The number of hydrogen-bond donors (Lipinski definition) is 1. The van der Waals surface area contributed by atoms with Crippen molar-refractivity contribution >= 4 is 0 Å². The number of nitrogens with zero attached hydrogens (tertiary/aromatic N) is 2. The maximum atomic E-state index is 3.70. The van der Waals surface area contributed by atoms with Gasteiger partial charge < -0.3 is 5.32 Å². The van der Waals surface area contributed by atoms with Crippen LogP contribution in [0.5, 0.6) is 0 Å². The molecule has 0 spiro atoms. The molecule has 3 nitrogen and oxygen atoms in total. The Kier molecular flexibility index (Phi) is 5.67. The maximum absolute atomic E-state index is 3.70. The van der Waals surface area contributed by atoms with Gasteiger partial charge in [0.1, 0.15) is 0 Å². The van der Waals surface area contributed by atoms with Crippen molar-refractivity contribution in [3.8, 4) is 0 Å². The predicted molar refractivity (Wildman–Crippen MR) is 89.3 cm³/mol. The van der Waals surface area contributed by atoms with Crippen molar-refractivity contribution in [3.63, 3.8) is 0 Å². The lowest BCUT2D eigenvalue weighted by molar-refractivity contribution is 0.0170. The van der Waals surface area contributed by atoms with Gasteiger partial charge in [-0.15, -0.1) is 0 Å². The van der Waals surface area contributed by atoms with Gasteiger partial charge >= 0.3 is 0 Å². The summed E-state index contributed by atoms with van der Waals surface area (Å²) >= 11 is 0. The number of piperazine rings is 1. The summed E-state index contributed by atoms with van der Waals surface area (Å²) in [5.74, 6) is 0. The second-order valence-electron chi connectivity index (χ2n) is 8.71. The highest BCUT2D eigenvalue weighted by molar-refractivity contribution is 4.91. The van der Waals surface area contributed by atoms with Gasteiger partial charge in [-0.2, -0.15) is 0 Å². The third kappa shape index (κ3) is 5.34. The quantitative estimate of drug-likeness (QED) is 0.837. The Balaban J connectivity index is 2.59. The molecular weight excluding hydrogens is 246 g/mol. The Morgan fingerprint density at radius 3 is 2.15 bits per heavy atom. The molecule has 0 aromatic carbocycles. The van der Waals surface area contributed by atoms with Gasteiger partial charge in [-0.25, -0.2) is 0 Å². The summed E-state index contributed by atoms with van der Waals surface area (Å²) in [5, 5.41) is 3.70. The molecule has 120 valence electrons. The van der Waals surface area contributed by atoms with Crippen molar-refractivity contribution in [2.45, 2.75) is 66.0 Å². The van der Waals surface area contributed by atoms with Gasteiger partial charge in [0.2, 0.25) is 0 Å². The van der Waals surface area contributed by atoms with E-state index in [1.54, 1.807) is 0 Å². The molecule has 3 heteroatoms. The van der Waals surface area contributed by atoms with E-state index < -0.39 is 0 Å². The van der Waals surface area contributed by atoms with E-state index >= 15 is 0 Å². The highest BCUT2D eigenvalue weighted by Gasteiger charge is 2.34. The second-order valence-corrected chi connectivity index (χ2v) is 8.71. The summed E-state index contributed by atoms with van der Waals surface area (Å²) in [6.45, 7) is 22.1. The Morgan fingerprint density at radius 1 is 1.10 bits per heavy atom. The van der Waals surface area contributed by atoms with Gasteiger partial charge in [0, 0.05) is 43.8 Å². The number of hydrogen-bond acceptors (Lipinski definition) is 3. The van der Waals surface area contributed by atoms with E-state index in [1.807, 2.05) is 0 Å². The van der Waals surface area contributed by atoms with Crippen LogP contribution in [-0.2, 0) is 0 Å². The van der Waals surface area contributed by atoms with Crippen molar-refractivity contribution in [3.05, 3.63) is 0 Å². The first kappa shape index (κ1) is 17.9. The van der Waals surface area contributed by atoms with E-state index in [-0.39, 0.29) is 5.54 Å². The monoisotopic (exact) mass is 283 g/mol. The molecule has 0 saturated carbocycles. The zero-order chi connectivity index (χ0) is 15.6. The lowest BCUT2D eigenvalue weighted by Crippen LogP contribution is -2.59. The zero-order valence-electron chi connectivity index (χ0n) is 15.1. The minimum absolute atomic E-state index is 0.206. The Hall–Kier alpha value is -0.120. The van der Waals surface area contributed by atoms with Crippen molar-refractivity contribution < 1.29 is 0 Å². The first-order valence-electron chi connectivity index (χ1n) is 8.16. The Bertz CT molecular complexity index is 306. The molecule has 0 aromatic rings.